The second-order valence-corrected chi connectivity index (χ2v) is 24.9. The van der Waals surface area contributed by atoms with Gasteiger partial charge in [-0.1, -0.05) is 99.8 Å². The molecule has 11 aliphatic carbocycles. The molecule has 0 aromatic heterocycles. The predicted molar refractivity (Wildman–Crippen MR) is 246 cm³/mol. The fourth-order valence-corrected chi connectivity index (χ4v) is 21.6. The van der Waals surface area contributed by atoms with Gasteiger partial charge in [-0.25, -0.2) is 0 Å². The van der Waals surface area contributed by atoms with E-state index in [0.717, 1.165) is 125 Å². The van der Waals surface area contributed by atoms with Crippen LogP contribution in [-0.2, 0) is 9.53 Å². The average Bonchev–Trinajstić information content (AvgIpc) is 4.11. The molecule has 2 heteroatoms. The monoisotopic (exact) mass is 813 g/mol. The number of methoxy groups -OCH3 is 1. The van der Waals surface area contributed by atoms with Gasteiger partial charge in [-0.05, 0) is 239 Å². The van der Waals surface area contributed by atoms with Crippen molar-refractivity contribution >= 4 is 5.97 Å². The minimum atomic E-state index is -0.184. The highest BCUT2D eigenvalue weighted by Gasteiger charge is 2.66. The summed E-state index contributed by atoms with van der Waals surface area (Å²) < 4.78 is 5.12. The third-order valence-corrected chi connectivity index (χ3v) is 23.6. The van der Waals surface area contributed by atoms with Gasteiger partial charge in [-0.2, -0.15) is 0 Å². The molecule has 11 saturated carbocycles. The first-order valence-corrected chi connectivity index (χ1v) is 27.7. The van der Waals surface area contributed by atoms with Gasteiger partial charge in [-0.15, -0.1) is 0 Å². The summed E-state index contributed by atoms with van der Waals surface area (Å²) in [5.74, 6) is 24.3. The average molecular weight is 813 g/mol. The maximum Gasteiger partial charge on any atom is 0.311 e. The Morgan fingerprint density at radius 3 is 1.49 bits per heavy atom. The second kappa shape index (κ2) is 17.8. The summed E-state index contributed by atoms with van der Waals surface area (Å²) >= 11 is 0. The van der Waals surface area contributed by atoms with Crippen molar-refractivity contribution in [2.24, 2.45) is 142 Å². The van der Waals surface area contributed by atoms with E-state index in [4.69, 9.17) is 4.74 Å². The van der Waals surface area contributed by atoms with Crippen LogP contribution in [-0.4, -0.2) is 13.1 Å². The molecule has 0 aromatic rings. The largest absolute Gasteiger partial charge is 0.469 e. The van der Waals surface area contributed by atoms with Crippen LogP contribution in [0.15, 0.2) is 0 Å². The molecule has 0 heterocycles. The van der Waals surface area contributed by atoms with E-state index in [1.807, 2.05) is 0 Å². The Morgan fingerprint density at radius 2 is 0.898 bits per heavy atom. The molecule has 0 saturated heterocycles. The molecule has 59 heavy (non-hydrogen) atoms. The highest BCUT2D eigenvalue weighted by atomic mass is 16.5. The smallest absolute Gasteiger partial charge is 0.311 e. The van der Waals surface area contributed by atoms with Crippen LogP contribution in [0.4, 0.5) is 0 Å². The van der Waals surface area contributed by atoms with E-state index in [0.29, 0.717) is 5.92 Å². The maximum absolute atomic E-state index is 12.2. The second-order valence-electron chi connectivity index (χ2n) is 24.9. The first-order chi connectivity index (χ1) is 28.7. The molecule has 24 unspecified atom stereocenters. The first kappa shape index (κ1) is 43.7. The third-order valence-electron chi connectivity index (χ3n) is 23.6. The Balaban J connectivity index is 0.000000117. The highest BCUT2D eigenvalue weighted by Crippen LogP contribution is 2.70. The molecule has 24 atom stereocenters. The van der Waals surface area contributed by atoms with Crippen molar-refractivity contribution in [2.75, 3.05) is 7.11 Å². The zero-order chi connectivity index (χ0) is 41.3. The molecule has 0 N–H and O–H groups in total. The fourth-order valence-electron chi connectivity index (χ4n) is 21.6. The Hall–Kier alpha value is -0.530. The lowest BCUT2D eigenvalue weighted by Gasteiger charge is -2.40. The molecule has 0 radical (unpaired) electrons. The number of esters is 1. The van der Waals surface area contributed by atoms with Crippen molar-refractivity contribution in [1.82, 2.24) is 0 Å². The summed E-state index contributed by atoms with van der Waals surface area (Å²) in [5.41, 5.74) is -0.184. The van der Waals surface area contributed by atoms with Crippen LogP contribution < -0.4 is 0 Å². The van der Waals surface area contributed by atoms with Gasteiger partial charge in [-0.3, -0.25) is 4.79 Å². The molecule has 0 aliphatic heterocycles. The molecule has 6 bridgehead atoms. The molecule has 0 spiro atoms. The summed E-state index contributed by atoms with van der Waals surface area (Å²) in [5, 5.41) is 0. The molecule has 0 amide bonds. The van der Waals surface area contributed by atoms with E-state index in [-0.39, 0.29) is 11.4 Å². The summed E-state index contributed by atoms with van der Waals surface area (Å²) in [6.45, 7) is 19.1. The quantitative estimate of drug-likeness (QED) is 0.194. The van der Waals surface area contributed by atoms with E-state index in [9.17, 15) is 4.79 Å². The fraction of sp³-hybridized carbons (Fsp3) is 0.982. The van der Waals surface area contributed by atoms with E-state index in [2.05, 4.69) is 55.4 Å². The standard InChI is InChI=1S/C24H40.C17H28O2.C16H28/c1-3-15-12-17(22-7-5-6-21(15)22)8-9-18-13-16(4-2)23-19-10-11-20(14-19)24(18)23;1-5-10-7-11(6-2)15-13-8-12(14(10)15)9-17(13,3)16(18)19-4;1-4-10-7-13-9-14(10)16-12(6-3)8-11(5-2)15(13)16/h15-24H,3-14H2,1-2H3;10-15H,5-9H2,1-4H3;10-16H,4-9H2,1-3H3. The number of carbonyl (C=O) groups excluding carboxylic acids is 1. The molecule has 11 aliphatic rings. The van der Waals surface area contributed by atoms with Crippen molar-refractivity contribution in [3.8, 4) is 0 Å². The van der Waals surface area contributed by atoms with Crippen LogP contribution in [0.5, 0.6) is 0 Å². The summed E-state index contributed by atoms with van der Waals surface area (Å²) in [7, 11) is 1.55. The molecule has 2 nitrogen and oxygen atoms in total. The SMILES string of the molecule is CCC1CC(CC)C2C1C1CC2C(C)(C(=O)OC)C1.CCC1CC(CCC2CC(CC)C3C4CCC(C4)C23)C2CCCC12.CCC1CC2CC1C1C(CC)CC(CC)C21. The maximum atomic E-state index is 12.2. The van der Waals surface area contributed by atoms with Crippen molar-refractivity contribution in [1.29, 1.82) is 0 Å². The van der Waals surface area contributed by atoms with Crippen LogP contribution >= 0.6 is 0 Å². The molecule has 0 aromatic carbocycles. The van der Waals surface area contributed by atoms with Gasteiger partial charge in [0.2, 0.25) is 0 Å². The Morgan fingerprint density at radius 1 is 0.441 bits per heavy atom. The van der Waals surface area contributed by atoms with Crippen LogP contribution in [0.25, 0.3) is 0 Å². The van der Waals surface area contributed by atoms with Crippen molar-refractivity contribution in [2.45, 2.75) is 203 Å². The van der Waals surface area contributed by atoms with Gasteiger partial charge in [0.05, 0.1) is 12.5 Å². The topological polar surface area (TPSA) is 26.3 Å². The van der Waals surface area contributed by atoms with Crippen LogP contribution in [0.3, 0.4) is 0 Å². The number of carbonyl (C=O) groups is 1. The molecule has 11 fully saturated rings. The molecule has 336 valence electrons. The van der Waals surface area contributed by atoms with E-state index < -0.39 is 0 Å². The number of ether oxygens (including phenoxy) is 1. The predicted octanol–water partition coefficient (Wildman–Crippen LogP) is 15.6. The summed E-state index contributed by atoms with van der Waals surface area (Å²) in [4.78, 5) is 12.2. The van der Waals surface area contributed by atoms with Crippen molar-refractivity contribution in [3.05, 3.63) is 0 Å². The number of rotatable bonds is 11. The Bertz CT molecular complexity index is 1420. The number of hydrogen-bond donors (Lipinski definition) is 0. The van der Waals surface area contributed by atoms with Crippen molar-refractivity contribution in [3.63, 3.8) is 0 Å². The van der Waals surface area contributed by atoms with Crippen LogP contribution in [0.1, 0.15) is 203 Å². The number of hydrogen-bond acceptors (Lipinski definition) is 2. The van der Waals surface area contributed by atoms with Crippen LogP contribution in [0.2, 0.25) is 0 Å². The molecular weight excluding hydrogens is 717 g/mol. The lowest BCUT2D eigenvalue weighted by atomic mass is 9.63. The third kappa shape index (κ3) is 7.22. The van der Waals surface area contributed by atoms with Gasteiger partial charge >= 0.3 is 5.97 Å². The zero-order valence-electron chi connectivity index (χ0n) is 40.4. The zero-order valence-corrected chi connectivity index (χ0v) is 40.4. The normalized spacial score (nSPS) is 53.8. The Labute approximate surface area is 365 Å². The van der Waals surface area contributed by atoms with Gasteiger partial charge in [0.1, 0.15) is 0 Å². The summed E-state index contributed by atoms with van der Waals surface area (Å²) in [6, 6.07) is 0. The lowest BCUT2D eigenvalue weighted by molar-refractivity contribution is -0.157. The van der Waals surface area contributed by atoms with Crippen LogP contribution in [0, 0.1) is 142 Å². The molecule has 11 rings (SSSR count). The van der Waals surface area contributed by atoms with Gasteiger partial charge < -0.3 is 4.74 Å². The van der Waals surface area contributed by atoms with Gasteiger partial charge in [0.15, 0.2) is 0 Å². The Kier molecular flexibility index (Phi) is 13.2. The summed E-state index contributed by atoms with van der Waals surface area (Å²) in [6.07, 6.45) is 34.5. The van der Waals surface area contributed by atoms with Gasteiger partial charge in [0, 0.05) is 0 Å². The van der Waals surface area contributed by atoms with E-state index >= 15 is 0 Å². The number of fused-ring (bicyclic) bond motifs is 16. The minimum Gasteiger partial charge on any atom is -0.469 e. The molecular formula is C57H96O2. The van der Waals surface area contributed by atoms with E-state index in [1.165, 1.54) is 69.6 Å². The van der Waals surface area contributed by atoms with E-state index in [1.54, 1.807) is 90.6 Å². The first-order valence-electron chi connectivity index (χ1n) is 27.7. The lowest BCUT2D eigenvalue weighted by Crippen LogP contribution is -2.42. The van der Waals surface area contributed by atoms with Gasteiger partial charge in [0.25, 0.3) is 0 Å². The van der Waals surface area contributed by atoms with Crippen molar-refractivity contribution < 1.29 is 9.53 Å². The highest BCUT2D eigenvalue weighted by molar-refractivity contribution is 5.77. The minimum absolute atomic E-state index is 0.0493.